The maximum absolute atomic E-state index is 6.20. The molecule has 0 aromatic carbocycles. The van der Waals surface area contributed by atoms with Crippen molar-refractivity contribution in [1.82, 2.24) is 10.3 Å². The Hall–Kier alpha value is -0.800. The molecule has 1 aromatic heterocycles. The smallest absolute Gasteiger partial charge is 0.128 e. The lowest BCUT2D eigenvalue weighted by atomic mass is 10.1. The molecule has 3 nitrogen and oxygen atoms in total. The van der Waals surface area contributed by atoms with Crippen LogP contribution in [0.3, 0.4) is 0 Å². The molecule has 100 valence electrons. The Morgan fingerprint density at radius 1 is 1.39 bits per heavy atom. The third-order valence-corrected chi connectivity index (χ3v) is 3.49. The van der Waals surface area contributed by atoms with E-state index >= 15 is 0 Å². The van der Waals surface area contributed by atoms with Crippen molar-refractivity contribution < 1.29 is 0 Å². The van der Waals surface area contributed by atoms with E-state index in [-0.39, 0.29) is 5.54 Å². The second-order valence-electron chi connectivity index (χ2n) is 6.04. The molecule has 0 atom stereocenters. The molecular weight excluding hydrogens is 246 g/mol. The number of anilines is 1. The molecule has 1 aliphatic carbocycles. The largest absolute Gasteiger partial charge is 0.357 e. The average molecular weight is 268 g/mol. The maximum Gasteiger partial charge on any atom is 0.128 e. The first-order valence-corrected chi connectivity index (χ1v) is 6.88. The summed E-state index contributed by atoms with van der Waals surface area (Å²) in [5, 5.41) is 4.16. The lowest BCUT2D eigenvalue weighted by Gasteiger charge is -2.22. The zero-order chi connectivity index (χ0) is 13.3. The van der Waals surface area contributed by atoms with Crippen LogP contribution in [0, 0.1) is 0 Å². The second kappa shape index (κ2) is 5.06. The summed E-state index contributed by atoms with van der Waals surface area (Å²) in [6, 6.07) is 4.62. The fraction of sp³-hybridized carbons (Fsp3) is 0.643. The number of nitrogens with one attached hydrogen (secondary N) is 1. The molecule has 0 bridgehead atoms. The summed E-state index contributed by atoms with van der Waals surface area (Å²) in [6.45, 7) is 7.12. The Morgan fingerprint density at radius 2 is 2.06 bits per heavy atom. The zero-order valence-corrected chi connectivity index (χ0v) is 12.4. The fourth-order valence-corrected chi connectivity index (χ4v) is 1.96. The normalized spacial score (nSPS) is 15.8. The van der Waals surface area contributed by atoms with Gasteiger partial charge in [0.2, 0.25) is 0 Å². The van der Waals surface area contributed by atoms with Crippen LogP contribution in [0.5, 0.6) is 0 Å². The molecular formula is C14H22ClN3. The van der Waals surface area contributed by atoms with E-state index in [1.807, 2.05) is 12.1 Å². The van der Waals surface area contributed by atoms with E-state index in [1.165, 1.54) is 12.8 Å². The summed E-state index contributed by atoms with van der Waals surface area (Å²) >= 11 is 6.20. The van der Waals surface area contributed by atoms with Crippen molar-refractivity contribution in [1.29, 1.82) is 0 Å². The van der Waals surface area contributed by atoms with Gasteiger partial charge in [-0.05, 0) is 45.7 Å². The van der Waals surface area contributed by atoms with Crippen molar-refractivity contribution in [2.75, 3.05) is 11.9 Å². The van der Waals surface area contributed by atoms with Crippen LogP contribution >= 0.6 is 11.6 Å². The summed E-state index contributed by atoms with van der Waals surface area (Å²) in [6.07, 6.45) is 2.55. The summed E-state index contributed by atoms with van der Waals surface area (Å²) < 4.78 is 0. The number of nitrogens with zero attached hydrogens (tertiary/aromatic N) is 2. The lowest BCUT2D eigenvalue weighted by molar-refractivity contribution is 0.421. The average Bonchev–Trinajstić information content (AvgIpc) is 3.09. The molecule has 0 saturated heterocycles. The van der Waals surface area contributed by atoms with Crippen molar-refractivity contribution in [3.63, 3.8) is 0 Å². The number of pyridine rings is 1. The van der Waals surface area contributed by atoms with Crippen LogP contribution in [0.15, 0.2) is 12.1 Å². The summed E-state index contributed by atoms with van der Waals surface area (Å²) in [5.74, 6) is 1.02. The fourth-order valence-electron chi connectivity index (χ4n) is 1.79. The number of rotatable bonds is 4. The first-order valence-electron chi connectivity index (χ1n) is 6.50. The standard InChI is InChI=1S/C14H22ClN3/c1-14(2,3)16-9-12-11(15)7-8-13(17-12)18(4)10-5-6-10/h7-8,10,16H,5-6,9H2,1-4H3. The molecule has 18 heavy (non-hydrogen) atoms. The van der Waals surface area contributed by atoms with E-state index in [4.69, 9.17) is 11.6 Å². The highest BCUT2D eigenvalue weighted by Gasteiger charge is 2.27. The van der Waals surface area contributed by atoms with E-state index in [1.54, 1.807) is 0 Å². The maximum atomic E-state index is 6.20. The molecule has 0 radical (unpaired) electrons. The Bertz CT molecular complexity index is 422. The highest BCUT2D eigenvalue weighted by Crippen LogP contribution is 2.30. The van der Waals surface area contributed by atoms with Gasteiger partial charge in [0.1, 0.15) is 5.82 Å². The molecule has 0 spiro atoms. The molecule has 0 aliphatic heterocycles. The number of halogens is 1. The van der Waals surface area contributed by atoms with Gasteiger partial charge in [0.15, 0.2) is 0 Å². The Labute approximate surface area is 115 Å². The highest BCUT2D eigenvalue weighted by atomic mass is 35.5. The van der Waals surface area contributed by atoms with Crippen molar-refractivity contribution in [3.05, 3.63) is 22.8 Å². The molecule has 0 unspecified atom stereocenters. The van der Waals surface area contributed by atoms with Crippen molar-refractivity contribution in [2.24, 2.45) is 0 Å². The van der Waals surface area contributed by atoms with Gasteiger partial charge in [0.25, 0.3) is 0 Å². The van der Waals surface area contributed by atoms with E-state index in [9.17, 15) is 0 Å². The van der Waals surface area contributed by atoms with Crippen LogP contribution in [-0.2, 0) is 6.54 Å². The van der Waals surface area contributed by atoms with Crippen LogP contribution in [0.4, 0.5) is 5.82 Å². The molecule has 1 saturated carbocycles. The Morgan fingerprint density at radius 3 is 2.61 bits per heavy atom. The van der Waals surface area contributed by atoms with Crippen LogP contribution in [0.2, 0.25) is 5.02 Å². The van der Waals surface area contributed by atoms with Crippen molar-refractivity contribution in [3.8, 4) is 0 Å². The Kier molecular flexibility index (Phi) is 3.83. The molecule has 4 heteroatoms. The highest BCUT2D eigenvalue weighted by molar-refractivity contribution is 6.31. The van der Waals surface area contributed by atoms with Gasteiger partial charge in [-0.3, -0.25) is 0 Å². The lowest BCUT2D eigenvalue weighted by Crippen LogP contribution is -2.35. The number of hydrogen-bond donors (Lipinski definition) is 1. The molecule has 2 rings (SSSR count). The van der Waals surface area contributed by atoms with Gasteiger partial charge in [-0.25, -0.2) is 4.98 Å². The van der Waals surface area contributed by atoms with Gasteiger partial charge in [0, 0.05) is 25.2 Å². The van der Waals surface area contributed by atoms with Gasteiger partial charge in [-0.2, -0.15) is 0 Å². The van der Waals surface area contributed by atoms with E-state index < -0.39 is 0 Å². The van der Waals surface area contributed by atoms with Gasteiger partial charge >= 0.3 is 0 Å². The molecule has 0 amide bonds. The third-order valence-electron chi connectivity index (χ3n) is 3.15. The topological polar surface area (TPSA) is 28.2 Å². The first-order chi connectivity index (χ1) is 8.37. The van der Waals surface area contributed by atoms with Crippen molar-refractivity contribution in [2.45, 2.75) is 51.7 Å². The summed E-state index contributed by atoms with van der Waals surface area (Å²) in [7, 11) is 2.11. The van der Waals surface area contributed by atoms with Gasteiger partial charge in [-0.15, -0.1) is 0 Å². The molecule has 1 aromatic rings. The van der Waals surface area contributed by atoms with E-state index in [2.05, 4.69) is 43.0 Å². The van der Waals surface area contributed by atoms with Crippen LogP contribution in [0.25, 0.3) is 0 Å². The predicted octanol–water partition coefficient (Wildman–Crippen LogP) is 3.22. The molecule has 1 fully saturated rings. The Balaban J connectivity index is 2.10. The van der Waals surface area contributed by atoms with Crippen LogP contribution in [-0.4, -0.2) is 23.6 Å². The SMILES string of the molecule is CN(c1ccc(Cl)c(CNC(C)(C)C)n1)C1CC1. The first kappa shape index (κ1) is 13.6. The summed E-state index contributed by atoms with van der Waals surface area (Å²) in [4.78, 5) is 6.91. The third kappa shape index (κ3) is 3.59. The van der Waals surface area contributed by atoms with Crippen LogP contribution < -0.4 is 10.2 Å². The van der Waals surface area contributed by atoms with Gasteiger partial charge < -0.3 is 10.2 Å². The predicted molar refractivity (Wildman–Crippen MR) is 77.3 cm³/mol. The minimum Gasteiger partial charge on any atom is -0.357 e. The van der Waals surface area contributed by atoms with E-state index in [0.717, 1.165) is 16.5 Å². The summed E-state index contributed by atoms with van der Waals surface area (Å²) in [5.41, 5.74) is 1.00. The molecule has 1 aliphatic rings. The molecule has 1 N–H and O–H groups in total. The number of hydrogen-bond acceptors (Lipinski definition) is 3. The monoisotopic (exact) mass is 267 g/mol. The van der Waals surface area contributed by atoms with E-state index in [0.29, 0.717) is 12.6 Å². The van der Waals surface area contributed by atoms with Gasteiger partial charge in [0.05, 0.1) is 10.7 Å². The minimum atomic E-state index is 0.0728. The molecule has 1 heterocycles. The quantitative estimate of drug-likeness (QED) is 0.908. The van der Waals surface area contributed by atoms with Crippen molar-refractivity contribution >= 4 is 17.4 Å². The second-order valence-corrected chi connectivity index (χ2v) is 6.45. The minimum absolute atomic E-state index is 0.0728. The van der Waals surface area contributed by atoms with Crippen LogP contribution in [0.1, 0.15) is 39.3 Å². The van der Waals surface area contributed by atoms with Gasteiger partial charge in [-0.1, -0.05) is 11.6 Å². The number of aromatic nitrogens is 1. The zero-order valence-electron chi connectivity index (χ0n) is 11.6.